The SMILES string of the molecule is CC(C)(C)c1cc(C2CCC2)nc(Br)n1. The Labute approximate surface area is 99.7 Å². The third kappa shape index (κ3) is 2.39. The van der Waals surface area contributed by atoms with Crippen LogP contribution in [-0.2, 0) is 5.41 Å². The molecule has 1 heterocycles. The fourth-order valence-corrected chi connectivity index (χ4v) is 2.13. The number of halogens is 1. The highest BCUT2D eigenvalue weighted by molar-refractivity contribution is 9.10. The van der Waals surface area contributed by atoms with E-state index >= 15 is 0 Å². The molecule has 0 N–H and O–H groups in total. The van der Waals surface area contributed by atoms with Crippen LogP contribution in [0, 0.1) is 0 Å². The summed E-state index contributed by atoms with van der Waals surface area (Å²) >= 11 is 3.40. The second kappa shape index (κ2) is 3.85. The lowest BCUT2D eigenvalue weighted by molar-refractivity contribution is 0.408. The molecule has 0 bridgehead atoms. The van der Waals surface area contributed by atoms with Gasteiger partial charge in [-0.1, -0.05) is 27.2 Å². The monoisotopic (exact) mass is 268 g/mol. The third-order valence-electron chi connectivity index (χ3n) is 3.01. The van der Waals surface area contributed by atoms with E-state index in [1.165, 1.54) is 25.0 Å². The Morgan fingerprint density at radius 1 is 1.27 bits per heavy atom. The van der Waals surface area contributed by atoms with Crippen molar-refractivity contribution in [3.05, 3.63) is 22.2 Å². The molecule has 15 heavy (non-hydrogen) atoms. The number of rotatable bonds is 1. The van der Waals surface area contributed by atoms with Crippen molar-refractivity contribution in [2.75, 3.05) is 0 Å². The molecule has 0 unspecified atom stereocenters. The first-order valence-electron chi connectivity index (χ1n) is 5.52. The smallest absolute Gasteiger partial charge is 0.197 e. The molecule has 1 aromatic heterocycles. The van der Waals surface area contributed by atoms with Crippen molar-refractivity contribution in [2.24, 2.45) is 0 Å². The zero-order valence-electron chi connectivity index (χ0n) is 9.55. The van der Waals surface area contributed by atoms with Crippen LogP contribution in [0.4, 0.5) is 0 Å². The number of aromatic nitrogens is 2. The lowest BCUT2D eigenvalue weighted by atomic mass is 9.81. The van der Waals surface area contributed by atoms with Gasteiger partial charge in [-0.15, -0.1) is 0 Å². The summed E-state index contributed by atoms with van der Waals surface area (Å²) in [4.78, 5) is 8.93. The summed E-state index contributed by atoms with van der Waals surface area (Å²) < 4.78 is 0.733. The zero-order valence-corrected chi connectivity index (χ0v) is 11.1. The van der Waals surface area contributed by atoms with Gasteiger partial charge < -0.3 is 0 Å². The van der Waals surface area contributed by atoms with E-state index in [0.29, 0.717) is 5.92 Å². The minimum Gasteiger partial charge on any atom is -0.227 e. The lowest BCUT2D eigenvalue weighted by Gasteiger charge is -2.26. The summed E-state index contributed by atoms with van der Waals surface area (Å²) in [7, 11) is 0. The Kier molecular flexibility index (Phi) is 2.84. The maximum Gasteiger partial charge on any atom is 0.197 e. The van der Waals surface area contributed by atoms with E-state index in [1.807, 2.05) is 0 Å². The van der Waals surface area contributed by atoms with Crippen LogP contribution in [0.5, 0.6) is 0 Å². The molecule has 0 spiro atoms. The standard InChI is InChI=1S/C12H17BrN2/c1-12(2,3)10-7-9(8-5-4-6-8)14-11(13)15-10/h7-8H,4-6H2,1-3H3. The van der Waals surface area contributed by atoms with Gasteiger partial charge in [0.05, 0.1) is 5.69 Å². The third-order valence-corrected chi connectivity index (χ3v) is 3.37. The topological polar surface area (TPSA) is 25.8 Å². The molecule has 0 aromatic carbocycles. The van der Waals surface area contributed by atoms with Crippen molar-refractivity contribution in [1.82, 2.24) is 9.97 Å². The molecule has 1 saturated carbocycles. The minimum absolute atomic E-state index is 0.101. The maximum absolute atomic E-state index is 4.47. The van der Waals surface area contributed by atoms with Crippen molar-refractivity contribution < 1.29 is 0 Å². The number of hydrogen-bond acceptors (Lipinski definition) is 2. The quantitative estimate of drug-likeness (QED) is 0.724. The highest BCUT2D eigenvalue weighted by Gasteiger charge is 2.24. The average Bonchev–Trinajstić information content (AvgIpc) is 1.97. The maximum atomic E-state index is 4.47. The molecular formula is C12H17BrN2. The largest absolute Gasteiger partial charge is 0.227 e. The summed E-state index contributed by atoms with van der Waals surface area (Å²) in [6.45, 7) is 6.56. The zero-order chi connectivity index (χ0) is 11.1. The van der Waals surface area contributed by atoms with Gasteiger partial charge in [0.25, 0.3) is 0 Å². The highest BCUT2D eigenvalue weighted by Crippen LogP contribution is 2.36. The van der Waals surface area contributed by atoms with Gasteiger partial charge in [-0.3, -0.25) is 0 Å². The highest BCUT2D eigenvalue weighted by atomic mass is 79.9. The van der Waals surface area contributed by atoms with Gasteiger partial charge in [-0.25, -0.2) is 9.97 Å². The van der Waals surface area contributed by atoms with E-state index in [9.17, 15) is 0 Å². The molecule has 0 amide bonds. The predicted molar refractivity (Wildman–Crippen MR) is 65.0 cm³/mol. The summed E-state index contributed by atoms with van der Waals surface area (Å²) in [5, 5.41) is 0. The van der Waals surface area contributed by atoms with Crippen LogP contribution in [0.15, 0.2) is 10.8 Å². The van der Waals surface area contributed by atoms with Gasteiger partial charge in [0.1, 0.15) is 0 Å². The van der Waals surface area contributed by atoms with E-state index in [4.69, 9.17) is 0 Å². The number of nitrogens with zero attached hydrogens (tertiary/aromatic N) is 2. The summed E-state index contributed by atoms with van der Waals surface area (Å²) in [5.74, 6) is 0.672. The summed E-state index contributed by atoms with van der Waals surface area (Å²) in [5.41, 5.74) is 2.45. The van der Waals surface area contributed by atoms with Gasteiger partial charge in [-0.2, -0.15) is 0 Å². The van der Waals surface area contributed by atoms with Crippen LogP contribution < -0.4 is 0 Å². The van der Waals surface area contributed by atoms with Crippen LogP contribution >= 0.6 is 15.9 Å². The first kappa shape index (κ1) is 11.1. The van der Waals surface area contributed by atoms with Crippen LogP contribution in [-0.4, -0.2) is 9.97 Å². The number of hydrogen-bond donors (Lipinski definition) is 0. The van der Waals surface area contributed by atoms with Crippen LogP contribution in [0.1, 0.15) is 57.3 Å². The van der Waals surface area contributed by atoms with Crippen molar-refractivity contribution >= 4 is 15.9 Å². The lowest BCUT2D eigenvalue weighted by Crippen LogP contribution is -2.18. The molecule has 1 aromatic rings. The van der Waals surface area contributed by atoms with Gasteiger partial charge in [-0.05, 0) is 34.8 Å². The molecule has 3 heteroatoms. The molecule has 2 nitrogen and oxygen atoms in total. The van der Waals surface area contributed by atoms with E-state index in [2.05, 4.69) is 52.7 Å². The fourth-order valence-electron chi connectivity index (χ4n) is 1.73. The first-order valence-corrected chi connectivity index (χ1v) is 6.31. The minimum atomic E-state index is 0.101. The van der Waals surface area contributed by atoms with Gasteiger partial charge in [0, 0.05) is 17.0 Å². The van der Waals surface area contributed by atoms with E-state index in [-0.39, 0.29) is 5.41 Å². The van der Waals surface area contributed by atoms with Crippen LogP contribution in [0.2, 0.25) is 0 Å². The van der Waals surface area contributed by atoms with E-state index in [0.717, 1.165) is 10.4 Å². The molecule has 1 fully saturated rings. The Bertz CT molecular complexity index is 364. The van der Waals surface area contributed by atoms with Crippen LogP contribution in [0.25, 0.3) is 0 Å². The molecule has 0 saturated heterocycles. The average molecular weight is 269 g/mol. The normalized spacial score (nSPS) is 17.6. The fraction of sp³-hybridized carbons (Fsp3) is 0.667. The molecule has 1 aliphatic carbocycles. The van der Waals surface area contributed by atoms with Crippen molar-refractivity contribution in [3.8, 4) is 0 Å². The van der Waals surface area contributed by atoms with Crippen molar-refractivity contribution in [3.63, 3.8) is 0 Å². The Morgan fingerprint density at radius 2 is 1.93 bits per heavy atom. The Balaban J connectivity index is 2.36. The Morgan fingerprint density at radius 3 is 2.40 bits per heavy atom. The molecule has 82 valence electrons. The molecule has 0 aliphatic heterocycles. The molecule has 0 radical (unpaired) electrons. The van der Waals surface area contributed by atoms with Gasteiger partial charge in [0.15, 0.2) is 4.73 Å². The van der Waals surface area contributed by atoms with Gasteiger partial charge >= 0.3 is 0 Å². The second-order valence-electron chi connectivity index (χ2n) is 5.32. The van der Waals surface area contributed by atoms with E-state index < -0.39 is 0 Å². The predicted octanol–water partition coefficient (Wildman–Crippen LogP) is 3.80. The molecule has 2 rings (SSSR count). The van der Waals surface area contributed by atoms with E-state index in [1.54, 1.807) is 0 Å². The second-order valence-corrected chi connectivity index (χ2v) is 6.03. The Hall–Kier alpha value is -0.440. The van der Waals surface area contributed by atoms with Gasteiger partial charge in [0.2, 0.25) is 0 Å². The van der Waals surface area contributed by atoms with Crippen molar-refractivity contribution in [1.29, 1.82) is 0 Å². The summed E-state index contributed by atoms with van der Waals surface area (Å²) in [6, 6.07) is 2.18. The first-order chi connectivity index (χ1) is 6.97. The van der Waals surface area contributed by atoms with Crippen molar-refractivity contribution in [2.45, 2.75) is 51.4 Å². The molecule has 1 aliphatic rings. The van der Waals surface area contributed by atoms with Crippen LogP contribution in [0.3, 0.4) is 0 Å². The molecular weight excluding hydrogens is 252 g/mol. The summed E-state index contributed by atoms with van der Waals surface area (Å²) in [6.07, 6.45) is 3.91. The molecule has 0 atom stereocenters.